The molecule has 0 fully saturated rings. The Balaban J connectivity index is 1.56. The monoisotopic (exact) mass is 390 g/mol. The van der Waals surface area contributed by atoms with E-state index in [2.05, 4.69) is 20.4 Å². The molecule has 4 rings (SSSR count). The Morgan fingerprint density at radius 2 is 1.89 bits per heavy atom. The Bertz CT molecular complexity index is 1100. The molecule has 2 aromatic carbocycles. The highest BCUT2D eigenvalue weighted by Crippen LogP contribution is 2.26. The molecule has 4 aromatic rings. The minimum atomic E-state index is -0.487. The van der Waals surface area contributed by atoms with Crippen molar-refractivity contribution in [1.29, 1.82) is 0 Å². The van der Waals surface area contributed by atoms with E-state index in [9.17, 15) is 4.79 Å². The first kappa shape index (κ1) is 17.9. The van der Waals surface area contributed by atoms with Crippen LogP contribution in [0.25, 0.3) is 22.3 Å². The quantitative estimate of drug-likeness (QED) is 0.493. The Morgan fingerprint density at radius 1 is 1.07 bits per heavy atom. The van der Waals surface area contributed by atoms with Crippen molar-refractivity contribution in [3.05, 3.63) is 70.9 Å². The van der Waals surface area contributed by atoms with Crippen molar-refractivity contribution in [3.8, 4) is 11.4 Å². The summed E-state index contributed by atoms with van der Waals surface area (Å²) in [5, 5.41) is 11.1. The molecule has 0 aliphatic rings. The lowest BCUT2D eigenvalue weighted by Crippen LogP contribution is -2.11. The highest BCUT2D eigenvalue weighted by atomic mass is 32.1. The number of para-hydroxylation sites is 1. The SMILES string of the molecule is COC(=O)Nc1ccc(CNc2nc(-c3ccsc3)nc3ccccc23)cc1. The standard InChI is InChI=1S/C21H18N4O2S/c1-27-21(26)23-16-8-6-14(7-9-16)12-22-20-17-4-2-3-5-18(17)24-19(25-20)15-10-11-28-13-15/h2-11,13H,12H2,1H3,(H,23,26)(H,22,24,25). The minimum absolute atomic E-state index is 0.487. The molecule has 2 N–H and O–H groups in total. The van der Waals surface area contributed by atoms with Gasteiger partial charge in [-0.3, -0.25) is 5.32 Å². The summed E-state index contributed by atoms with van der Waals surface area (Å²) in [6.45, 7) is 0.600. The van der Waals surface area contributed by atoms with Crippen LogP contribution >= 0.6 is 11.3 Å². The highest BCUT2D eigenvalue weighted by molar-refractivity contribution is 7.08. The molecule has 0 atom stereocenters. The van der Waals surface area contributed by atoms with Crippen LogP contribution in [0.2, 0.25) is 0 Å². The summed E-state index contributed by atoms with van der Waals surface area (Å²) < 4.78 is 4.60. The second-order valence-electron chi connectivity index (χ2n) is 6.09. The highest BCUT2D eigenvalue weighted by Gasteiger charge is 2.09. The van der Waals surface area contributed by atoms with Crippen LogP contribution in [0.3, 0.4) is 0 Å². The second kappa shape index (κ2) is 8.06. The van der Waals surface area contributed by atoms with E-state index in [0.29, 0.717) is 18.1 Å². The molecule has 0 saturated heterocycles. The zero-order valence-corrected chi connectivity index (χ0v) is 16.0. The molecular weight excluding hydrogens is 372 g/mol. The summed E-state index contributed by atoms with van der Waals surface area (Å²) in [4.78, 5) is 20.7. The number of ether oxygens (including phenoxy) is 1. The van der Waals surface area contributed by atoms with Crippen LogP contribution in [-0.2, 0) is 11.3 Å². The Kier molecular flexibility index (Phi) is 5.16. The van der Waals surface area contributed by atoms with E-state index in [-0.39, 0.29) is 0 Å². The van der Waals surface area contributed by atoms with Crippen molar-refractivity contribution in [2.75, 3.05) is 17.7 Å². The third-order valence-electron chi connectivity index (χ3n) is 4.23. The third-order valence-corrected chi connectivity index (χ3v) is 4.91. The largest absolute Gasteiger partial charge is 0.453 e. The molecule has 6 nitrogen and oxygen atoms in total. The van der Waals surface area contributed by atoms with Crippen molar-refractivity contribution < 1.29 is 9.53 Å². The van der Waals surface area contributed by atoms with Gasteiger partial charge < -0.3 is 10.1 Å². The average Bonchev–Trinajstić information content (AvgIpc) is 3.27. The Hall–Kier alpha value is -3.45. The second-order valence-corrected chi connectivity index (χ2v) is 6.87. The lowest BCUT2D eigenvalue weighted by Gasteiger charge is -2.11. The molecule has 140 valence electrons. The first-order valence-corrected chi connectivity index (χ1v) is 9.64. The average molecular weight is 390 g/mol. The fraction of sp³-hybridized carbons (Fsp3) is 0.0952. The van der Waals surface area contributed by atoms with E-state index in [0.717, 1.165) is 27.8 Å². The first-order valence-electron chi connectivity index (χ1n) is 8.70. The molecule has 2 heterocycles. The van der Waals surface area contributed by atoms with Crippen LogP contribution in [-0.4, -0.2) is 23.2 Å². The summed E-state index contributed by atoms with van der Waals surface area (Å²) in [6.07, 6.45) is -0.487. The van der Waals surface area contributed by atoms with Crippen LogP contribution < -0.4 is 10.6 Å². The van der Waals surface area contributed by atoms with Crippen molar-refractivity contribution in [2.45, 2.75) is 6.54 Å². The normalized spacial score (nSPS) is 10.6. The molecule has 0 aliphatic carbocycles. The molecule has 0 unspecified atom stereocenters. The van der Waals surface area contributed by atoms with E-state index >= 15 is 0 Å². The molecule has 0 bridgehead atoms. The van der Waals surface area contributed by atoms with Gasteiger partial charge in [-0.05, 0) is 41.3 Å². The number of benzene rings is 2. The summed E-state index contributed by atoms with van der Waals surface area (Å²) in [5.41, 5.74) is 3.66. The molecule has 0 saturated carbocycles. The molecule has 0 aliphatic heterocycles. The summed E-state index contributed by atoms with van der Waals surface area (Å²) in [7, 11) is 1.34. The van der Waals surface area contributed by atoms with Crippen LogP contribution in [0.4, 0.5) is 16.3 Å². The molecule has 0 spiro atoms. The van der Waals surface area contributed by atoms with Gasteiger partial charge in [-0.25, -0.2) is 14.8 Å². The topological polar surface area (TPSA) is 76.1 Å². The van der Waals surface area contributed by atoms with Gasteiger partial charge in [0, 0.05) is 28.6 Å². The molecule has 1 amide bonds. The smallest absolute Gasteiger partial charge is 0.411 e. The van der Waals surface area contributed by atoms with Gasteiger partial charge in [0.05, 0.1) is 12.6 Å². The van der Waals surface area contributed by atoms with Gasteiger partial charge in [-0.1, -0.05) is 24.3 Å². The van der Waals surface area contributed by atoms with Crippen LogP contribution in [0.15, 0.2) is 65.4 Å². The number of methoxy groups -OCH3 is 1. The number of amides is 1. The number of carbonyl (C=O) groups is 1. The van der Waals surface area contributed by atoms with Crippen molar-refractivity contribution >= 4 is 39.8 Å². The van der Waals surface area contributed by atoms with Gasteiger partial charge in [0.1, 0.15) is 5.82 Å². The van der Waals surface area contributed by atoms with Crippen LogP contribution in [0.5, 0.6) is 0 Å². The number of aromatic nitrogens is 2. The summed E-state index contributed by atoms with van der Waals surface area (Å²) >= 11 is 1.62. The zero-order chi connectivity index (χ0) is 19.3. The maximum absolute atomic E-state index is 11.3. The van der Waals surface area contributed by atoms with Gasteiger partial charge in [0.25, 0.3) is 0 Å². The Labute approximate surface area is 166 Å². The number of carbonyl (C=O) groups excluding carboxylic acids is 1. The van der Waals surface area contributed by atoms with E-state index in [1.165, 1.54) is 7.11 Å². The Morgan fingerprint density at radius 3 is 2.64 bits per heavy atom. The summed E-state index contributed by atoms with van der Waals surface area (Å²) in [5.74, 6) is 1.50. The number of nitrogens with zero attached hydrogens (tertiary/aromatic N) is 2. The third kappa shape index (κ3) is 3.94. The lowest BCUT2D eigenvalue weighted by atomic mass is 10.2. The predicted octanol–water partition coefficient (Wildman–Crippen LogP) is 5.15. The molecular formula is C21H18N4O2S. The van der Waals surface area contributed by atoms with Gasteiger partial charge in [0.2, 0.25) is 0 Å². The molecule has 2 aromatic heterocycles. The van der Waals surface area contributed by atoms with Crippen molar-refractivity contribution in [2.24, 2.45) is 0 Å². The fourth-order valence-electron chi connectivity index (χ4n) is 2.79. The maximum Gasteiger partial charge on any atom is 0.411 e. The number of fused-ring (bicyclic) bond motifs is 1. The minimum Gasteiger partial charge on any atom is -0.453 e. The van der Waals surface area contributed by atoms with Gasteiger partial charge in [0.15, 0.2) is 5.82 Å². The first-order chi connectivity index (χ1) is 13.7. The van der Waals surface area contributed by atoms with Crippen LogP contribution in [0.1, 0.15) is 5.56 Å². The molecule has 0 radical (unpaired) electrons. The summed E-state index contributed by atoms with van der Waals surface area (Å²) in [6, 6.07) is 17.5. The lowest BCUT2D eigenvalue weighted by molar-refractivity contribution is 0.187. The number of rotatable bonds is 5. The number of nitrogens with one attached hydrogen (secondary N) is 2. The zero-order valence-electron chi connectivity index (χ0n) is 15.2. The van der Waals surface area contributed by atoms with Crippen LogP contribution in [0, 0.1) is 0 Å². The van der Waals surface area contributed by atoms with E-state index in [1.54, 1.807) is 11.3 Å². The van der Waals surface area contributed by atoms with Crippen molar-refractivity contribution in [1.82, 2.24) is 9.97 Å². The fourth-order valence-corrected chi connectivity index (χ4v) is 3.43. The van der Waals surface area contributed by atoms with E-state index in [1.807, 2.05) is 65.4 Å². The van der Waals surface area contributed by atoms with Gasteiger partial charge in [-0.15, -0.1) is 0 Å². The number of anilines is 2. The molecule has 28 heavy (non-hydrogen) atoms. The van der Waals surface area contributed by atoms with E-state index in [4.69, 9.17) is 4.98 Å². The van der Waals surface area contributed by atoms with Gasteiger partial charge in [-0.2, -0.15) is 11.3 Å². The van der Waals surface area contributed by atoms with Gasteiger partial charge >= 0.3 is 6.09 Å². The number of hydrogen-bond acceptors (Lipinski definition) is 6. The number of hydrogen-bond donors (Lipinski definition) is 2. The van der Waals surface area contributed by atoms with E-state index < -0.39 is 6.09 Å². The predicted molar refractivity (Wildman–Crippen MR) is 113 cm³/mol. The van der Waals surface area contributed by atoms with Crippen molar-refractivity contribution in [3.63, 3.8) is 0 Å². The number of thiophene rings is 1. The maximum atomic E-state index is 11.3. The molecule has 7 heteroatoms.